The first-order valence-corrected chi connectivity index (χ1v) is 9.86. The van der Waals surface area contributed by atoms with E-state index in [2.05, 4.69) is 0 Å². The van der Waals surface area contributed by atoms with E-state index in [1.165, 1.54) is 42.3 Å². The van der Waals surface area contributed by atoms with E-state index in [4.69, 9.17) is 0 Å². The van der Waals surface area contributed by atoms with Crippen LogP contribution >= 0.6 is 0 Å². The van der Waals surface area contributed by atoms with Crippen LogP contribution in [0.15, 0.2) is 76.3 Å². The lowest BCUT2D eigenvalue weighted by atomic mass is 10.1. The highest BCUT2D eigenvalue weighted by molar-refractivity contribution is 7.90. The van der Waals surface area contributed by atoms with Crippen LogP contribution in [0.1, 0.15) is 6.42 Å². The van der Waals surface area contributed by atoms with Crippen molar-refractivity contribution in [3.63, 3.8) is 0 Å². The van der Waals surface area contributed by atoms with E-state index in [1.807, 2.05) is 0 Å². The lowest BCUT2D eigenvalue weighted by Crippen LogP contribution is -2.27. The summed E-state index contributed by atoms with van der Waals surface area (Å²) < 4.78 is 90.4. The summed E-state index contributed by atoms with van der Waals surface area (Å²) in [4.78, 5) is 2.03. The van der Waals surface area contributed by atoms with Gasteiger partial charge in [-0.1, -0.05) is 6.08 Å². The molecule has 0 radical (unpaired) electrons. The molecular weight excluding hydrogens is 403 g/mol. The zero-order valence-electron chi connectivity index (χ0n) is 14.8. The van der Waals surface area contributed by atoms with Crippen LogP contribution in [0.2, 0.25) is 0 Å². The highest BCUT2D eigenvalue weighted by Gasteiger charge is 2.43. The number of hydrogen-bond donors (Lipinski definition) is 0. The second kappa shape index (κ2) is 6.77. The Bertz CT molecular complexity index is 1030. The van der Waals surface area contributed by atoms with Gasteiger partial charge in [-0.25, -0.2) is 17.2 Å². The Labute approximate surface area is 158 Å². The van der Waals surface area contributed by atoms with Gasteiger partial charge < -0.3 is 9.80 Å². The number of rotatable bonds is 2. The van der Waals surface area contributed by atoms with Gasteiger partial charge in [0.25, 0.3) is 0 Å². The van der Waals surface area contributed by atoms with Crippen LogP contribution in [0.4, 0.5) is 27.6 Å². The summed E-state index contributed by atoms with van der Waals surface area (Å²) in [5.41, 5.74) is -0.611. The molecule has 3 rings (SSSR count). The molecule has 0 atom stereocenters. The fourth-order valence-corrected chi connectivity index (χ4v) is 3.59. The molecule has 4 nitrogen and oxygen atoms in total. The van der Waals surface area contributed by atoms with Gasteiger partial charge in [-0.3, -0.25) is 0 Å². The van der Waals surface area contributed by atoms with E-state index in [1.54, 1.807) is 0 Å². The van der Waals surface area contributed by atoms with Crippen molar-refractivity contribution < 1.29 is 30.4 Å². The van der Waals surface area contributed by atoms with Crippen molar-refractivity contribution in [2.75, 3.05) is 18.2 Å². The molecule has 2 aliphatic rings. The zero-order valence-corrected chi connectivity index (χ0v) is 15.6. The summed E-state index contributed by atoms with van der Waals surface area (Å²) in [6.45, 7) is 0. The van der Waals surface area contributed by atoms with E-state index in [0.717, 1.165) is 23.4 Å². The predicted octanol–water partition coefficient (Wildman–Crippen LogP) is 4.57. The van der Waals surface area contributed by atoms with Gasteiger partial charge >= 0.3 is 6.18 Å². The normalized spacial score (nSPS) is 20.9. The van der Waals surface area contributed by atoms with Crippen molar-refractivity contribution in [1.29, 1.82) is 0 Å². The van der Waals surface area contributed by atoms with E-state index in [0.29, 0.717) is 0 Å². The molecule has 0 N–H and O–H groups in total. The first kappa shape index (κ1) is 20.1. The van der Waals surface area contributed by atoms with Crippen molar-refractivity contribution in [3.8, 4) is 0 Å². The average molecular weight is 418 g/mol. The Balaban J connectivity index is 2.12. The van der Waals surface area contributed by atoms with E-state index >= 15 is 0 Å². The monoisotopic (exact) mass is 418 g/mol. The Morgan fingerprint density at radius 1 is 1.04 bits per heavy atom. The highest BCUT2D eigenvalue weighted by atomic mass is 32.2. The van der Waals surface area contributed by atoms with Gasteiger partial charge in [0.05, 0.1) is 4.90 Å². The molecule has 1 aliphatic heterocycles. The predicted molar refractivity (Wildman–Crippen MR) is 94.0 cm³/mol. The molecule has 1 heterocycles. The first-order chi connectivity index (χ1) is 12.9. The third-order valence-corrected chi connectivity index (χ3v) is 5.44. The summed E-state index contributed by atoms with van der Waals surface area (Å²) in [6, 6.07) is 5.23. The number of allylic oxidation sites excluding steroid dienone is 6. The summed E-state index contributed by atoms with van der Waals surface area (Å²) >= 11 is 0. The molecular formula is C18H15F5N2O2S. The Kier molecular flexibility index (Phi) is 4.86. The smallest absolute Gasteiger partial charge is 0.325 e. The molecule has 0 unspecified atom stereocenters. The molecule has 0 spiro atoms. The number of halogens is 5. The van der Waals surface area contributed by atoms with E-state index < -0.39 is 39.8 Å². The van der Waals surface area contributed by atoms with Gasteiger partial charge in [0.1, 0.15) is 17.3 Å². The number of sulfone groups is 1. The van der Waals surface area contributed by atoms with Crippen LogP contribution in [0.5, 0.6) is 0 Å². The maximum atomic E-state index is 13.7. The van der Waals surface area contributed by atoms with E-state index in [9.17, 15) is 30.4 Å². The van der Waals surface area contributed by atoms with Crippen molar-refractivity contribution >= 4 is 15.5 Å². The van der Waals surface area contributed by atoms with Gasteiger partial charge in [-0.2, -0.15) is 13.2 Å². The standard InChI is InChI=1S/C18H15F5N2O2S/c1-24-16(18(21,22)23)10-25(12-4-6-13(7-5-12)28(2,26)27)17(24)11-3-8-14(19)15(20)9-11/h3-8,10H,9H2,1-2H3. The zero-order chi connectivity index (χ0) is 20.9. The molecule has 28 heavy (non-hydrogen) atoms. The Morgan fingerprint density at radius 3 is 2.14 bits per heavy atom. The van der Waals surface area contributed by atoms with Gasteiger partial charge in [0.15, 0.2) is 15.7 Å². The van der Waals surface area contributed by atoms with Gasteiger partial charge in [0.2, 0.25) is 0 Å². The molecule has 10 heteroatoms. The van der Waals surface area contributed by atoms with Crippen LogP contribution in [-0.4, -0.2) is 32.8 Å². The molecule has 0 saturated carbocycles. The van der Waals surface area contributed by atoms with Gasteiger partial charge in [-0.15, -0.1) is 0 Å². The maximum absolute atomic E-state index is 13.7. The van der Waals surface area contributed by atoms with Crippen LogP contribution in [0, 0.1) is 0 Å². The topological polar surface area (TPSA) is 40.6 Å². The van der Waals surface area contributed by atoms with Gasteiger partial charge in [0, 0.05) is 37.2 Å². The fourth-order valence-electron chi connectivity index (χ4n) is 2.96. The largest absolute Gasteiger partial charge is 0.432 e. The fraction of sp³-hybridized carbons (Fsp3) is 0.222. The number of alkyl halides is 3. The molecule has 0 amide bonds. The number of benzene rings is 1. The minimum Gasteiger partial charge on any atom is -0.325 e. The van der Waals surface area contributed by atoms with Crippen molar-refractivity contribution in [1.82, 2.24) is 4.90 Å². The third-order valence-electron chi connectivity index (χ3n) is 4.31. The number of anilines is 1. The SMILES string of the molecule is CN1C(C(F)(F)F)=CN(c2ccc(S(C)(=O)=O)cc2)C1=C1C=CC(F)=C(F)C1. The summed E-state index contributed by atoms with van der Waals surface area (Å²) in [5, 5.41) is 0. The Hall–Kier alpha value is -2.62. The van der Waals surface area contributed by atoms with Crippen molar-refractivity contribution in [3.05, 3.63) is 71.4 Å². The summed E-state index contributed by atoms with van der Waals surface area (Å²) in [6.07, 6.45) is -1.27. The lowest BCUT2D eigenvalue weighted by molar-refractivity contribution is -0.105. The van der Waals surface area contributed by atoms with E-state index in [-0.39, 0.29) is 22.0 Å². The second-order valence-corrected chi connectivity index (χ2v) is 8.33. The van der Waals surface area contributed by atoms with Crippen molar-refractivity contribution in [2.24, 2.45) is 0 Å². The van der Waals surface area contributed by atoms with Crippen LogP contribution in [0.3, 0.4) is 0 Å². The van der Waals surface area contributed by atoms with Crippen LogP contribution in [0.25, 0.3) is 0 Å². The van der Waals surface area contributed by atoms with Crippen molar-refractivity contribution in [2.45, 2.75) is 17.5 Å². The average Bonchev–Trinajstić information content (AvgIpc) is 2.94. The minimum atomic E-state index is -4.68. The molecule has 0 fully saturated rings. The molecule has 0 aromatic heterocycles. The quantitative estimate of drug-likeness (QED) is 0.660. The molecule has 1 aliphatic carbocycles. The van der Waals surface area contributed by atoms with Crippen LogP contribution in [-0.2, 0) is 9.84 Å². The third kappa shape index (κ3) is 3.68. The Morgan fingerprint density at radius 2 is 1.64 bits per heavy atom. The minimum absolute atomic E-state index is 0.00155. The molecule has 0 saturated heterocycles. The second-order valence-electron chi connectivity index (χ2n) is 6.32. The lowest BCUT2D eigenvalue weighted by Gasteiger charge is -2.27. The number of nitrogens with zero attached hydrogens (tertiary/aromatic N) is 2. The molecule has 0 bridgehead atoms. The molecule has 150 valence electrons. The number of hydrogen-bond acceptors (Lipinski definition) is 4. The first-order valence-electron chi connectivity index (χ1n) is 7.97. The summed E-state index contributed by atoms with van der Waals surface area (Å²) in [5.74, 6) is -2.15. The molecule has 1 aromatic rings. The summed E-state index contributed by atoms with van der Waals surface area (Å²) in [7, 11) is -2.31. The van der Waals surface area contributed by atoms with Crippen LogP contribution < -0.4 is 4.90 Å². The highest BCUT2D eigenvalue weighted by Crippen LogP contribution is 2.41. The molecule has 1 aromatic carbocycles. The maximum Gasteiger partial charge on any atom is 0.432 e. The van der Waals surface area contributed by atoms with Gasteiger partial charge in [-0.05, 0) is 30.3 Å².